The third kappa shape index (κ3) is 3.70. The zero-order chi connectivity index (χ0) is 13.7. The van der Waals surface area contributed by atoms with Gasteiger partial charge in [0, 0.05) is 26.3 Å². The number of pyridine rings is 1. The molecule has 1 aromatic rings. The molecule has 0 aliphatic heterocycles. The second-order valence-electron chi connectivity index (χ2n) is 4.42. The molecule has 1 N–H and O–H groups in total. The Balaban J connectivity index is 2.86. The summed E-state index contributed by atoms with van der Waals surface area (Å²) in [6.45, 7) is 4.28. The van der Waals surface area contributed by atoms with E-state index >= 15 is 0 Å². The standard InChI is InChI=1S/C13H21N3O2/c1-9-6-7-12(11(15-9)8-14-3)18-10(2)13(17)16(4)5/h6-7,10,14H,8H2,1-5H3. The number of ether oxygens (including phenoxy) is 1. The summed E-state index contributed by atoms with van der Waals surface area (Å²) in [6, 6.07) is 3.73. The van der Waals surface area contributed by atoms with Gasteiger partial charge in [0.15, 0.2) is 6.10 Å². The molecule has 0 aliphatic carbocycles. The zero-order valence-corrected chi connectivity index (χ0v) is 11.7. The lowest BCUT2D eigenvalue weighted by Crippen LogP contribution is -2.35. The molecule has 1 aromatic heterocycles. The number of hydrogen-bond donors (Lipinski definition) is 1. The number of nitrogens with zero attached hydrogens (tertiary/aromatic N) is 2. The number of carbonyl (C=O) groups is 1. The van der Waals surface area contributed by atoms with E-state index in [4.69, 9.17) is 4.74 Å². The van der Waals surface area contributed by atoms with Gasteiger partial charge in [0.05, 0.1) is 5.69 Å². The maximum absolute atomic E-state index is 11.7. The van der Waals surface area contributed by atoms with Crippen LogP contribution in [0.3, 0.4) is 0 Å². The number of likely N-dealkylation sites (N-methyl/N-ethyl adjacent to an activating group) is 1. The quantitative estimate of drug-likeness (QED) is 0.847. The highest BCUT2D eigenvalue weighted by atomic mass is 16.5. The highest BCUT2D eigenvalue weighted by Gasteiger charge is 2.18. The number of nitrogens with one attached hydrogen (secondary N) is 1. The molecule has 1 heterocycles. The molecule has 18 heavy (non-hydrogen) atoms. The Morgan fingerprint density at radius 1 is 1.50 bits per heavy atom. The first-order valence-corrected chi connectivity index (χ1v) is 5.94. The van der Waals surface area contributed by atoms with Crippen LogP contribution in [0.5, 0.6) is 5.75 Å². The van der Waals surface area contributed by atoms with Crippen molar-refractivity contribution in [1.82, 2.24) is 15.2 Å². The van der Waals surface area contributed by atoms with Crippen molar-refractivity contribution in [2.75, 3.05) is 21.1 Å². The van der Waals surface area contributed by atoms with Crippen LogP contribution in [0.1, 0.15) is 18.3 Å². The van der Waals surface area contributed by atoms with Crippen molar-refractivity contribution in [2.45, 2.75) is 26.5 Å². The van der Waals surface area contributed by atoms with Gasteiger partial charge in [0.2, 0.25) is 0 Å². The largest absolute Gasteiger partial charge is 0.479 e. The van der Waals surface area contributed by atoms with Gasteiger partial charge in [0.1, 0.15) is 5.75 Å². The first kappa shape index (κ1) is 14.4. The molecule has 0 fully saturated rings. The average Bonchev–Trinajstić information content (AvgIpc) is 2.31. The van der Waals surface area contributed by atoms with E-state index in [9.17, 15) is 4.79 Å². The molecule has 0 saturated heterocycles. The molecule has 0 aliphatic rings. The van der Waals surface area contributed by atoms with Crippen LogP contribution in [-0.2, 0) is 11.3 Å². The van der Waals surface area contributed by atoms with Gasteiger partial charge >= 0.3 is 0 Å². The van der Waals surface area contributed by atoms with Gasteiger partial charge in [-0.25, -0.2) is 0 Å². The number of carbonyl (C=O) groups excluding carboxylic acids is 1. The Morgan fingerprint density at radius 2 is 2.17 bits per heavy atom. The summed E-state index contributed by atoms with van der Waals surface area (Å²) in [5.74, 6) is 0.587. The van der Waals surface area contributed by atoms with Crippen LogP contribution in [0, 0.1) is 6.92 Å². The molecular weight excluding hydrogens is 230 g/mol. The molecular formula is C13H21N3O2. The molecule has 1 amide bonds. The maximum atomic E-state index is 11.7. The number of hydrogen-bond acceptors (Lipinski definition) is 4. The molecule has 0 radical (unpaired) electrons. The highest BCUT2D eigenvalue weighted by Crippen LogP contribution is 2.18. The van der Waals surface area contributed by atoms with Crippen LogP contribution in [-0.4, -0.2) is 43.0 Å². The number of aromatic nitrogens is 1. The Bertz CT molecular complexity index is 419. The molecule has 5 heteroatoms. The van der Waals surface area contributed by atoms with Gasteiger partial charge in [-0.1, -0.05) is 0 Å². The Labute approximate surface area is 108 Å². The Morgan fingerprint density at radius 3 is 2.72 bits per heavy atom. The van der Waals surface area contributed by atoms with Gasteiger partial charge in [-0.15, -0.1) is 0 Å². The van der Waals surface area contributed by atoms with Gasteiger partial charge < -0.3 is 15.0 Å². The Hall–Kier alpha value is -1.62. The smallest absolute Gasteiger partial charge is 0.262 e. The molecule has 100 valence electrons. The second kappa shape index (κ2) is 6.35. The second-order valence-corrected chi connectivity index (χ2v) is 4.42. The lowest BCUT2D eigenvalue weighted by Gasteiger charge is -2.19. The van der Waals surface area contributed by atoms with E-state index in [-0.39, 0.29) is 5.91 Å². The molecule has 0 aromatic carbocycles. The van der Waals surface area contributed by atoms with E-state index in [0.29, 0.717) is 12.3 Å². The molecule has 0 spiro atoms. The van der Waals surface area contributed by atoms with Gasteiger partial charge in [-0.2, -0.15) is 0 Å². The third-order valence-corrected chi connectivity index (χ3v) is 2.51. The normalized spacial score (nSPS) is 12.1. The van der Waals surface area contributed by atoms with Crippen molar-refractivity contribution in [3.63, 3.8) is 0 Å². The SMILES string of the molecule is CNCc1nc(C)ccc1OC(C)C(=O)N(C)C. The van der Waals surface area contributed by atoms with Crippen molar-refractivity contribution in [3.05, 3.63) is 23.5 Å². The van der Waals surface area contributed by atoms with Crippen LogP contribution >= 0.6 is 0 Å². The Kier molecular flexibility index (Phi) is 5.09. The van der Waals surface area contributed by atoms with Crippen molar-refractivity contribution >= 4 is 5.91 Å². The third-order valence-electron chi connectivity index (χ3n) is 2.51. The lowest BCUT2D eigenvalue weighted by atomic mass is 10.2. The summed E-state index contributed by atoms with van der Waals surface area (Å²) in [5, 5.41) is 3.04. The fourth-order valence-corrected chi connectivity index (χ4v) is 1.60. The lowest BCUT2D eigenvalue weighted by molar-refractivity contribution is -0.135. The van der Waals surface area contributed by atoms with Crippen molar-refractivity contribution < 1.29 is 9.53 Å². The minimum absolute atomic E-state index is 0.0639. The summed E-state index contributed by atoms with van der Waals surface area (Å²) in [4.78, 5) is 17.7. The van der Waals surface area contributed by atoms with Gasteiger partial charge in [-0.05, 0) is 33.0 Å². The van der Waals surface area contributed by atoms with Crippen molar-refractivity contribution in [3.8, 4) is 5.75 Å². The number of amides is 1. The van der Waals surface area contributed by atoms with Crippen LogP contribution < -0.4 is 10.1 Å². The van der Waals surface area contributed by atoms with Crippen molar-refractivity contribution in [2.24, 2.45) is 0 Å². The van der Waals surface area contributed by atoms with Crippen LogP contribution in [0.4, 0.5) is 0 Å². The summed E-state index contributed by atoms with van der Waals surface area (Å²) in [6.07, 6.45) is -0.514. The van der Waals surface area contributed by atoms with Gasteiger partial charge in [0.25, 0.3) is 5.91 Å². The zero-order valence-electron chi connectivity index (χ0n) is 11.7. The van der Waals surface area contributed by atoms with Crippen LogP contribution in [0.15, 0.2) is 12.1 Å². The molecule has 1 atom stereocenters. The maximum Gasteiger partial charge on any atom is 0.262 e. The predicted octanol–water partition coefficient (Wildman–Crippen LogP) is 0.965. The van der Waals surface area contributed by atoms with E-state index in [2.05, 4.69) is 10.3 Å². The van der Waals surface area contributed by atoms with Crippen LogP contribution in [0.25, 0.3) is 0 Å². The molecule has 0 saturated carbocycles. The monoisotopic (exact) mass is 251 g/mol. The summed E-state index contributed by atoms with van der Waals surface area (Å²) < 4.78 is 5.68. The average molecular weight is 251 g/mol. The highest BCUT2D eigenvalue weighted by molar-refractivity contribution is 5.80. The van der Waals surface area contributed by atoms with Gasteiger partial charge in [-0.3, -0.25) is 9.78 Å². The van der Waals surface area contributed by atoms with E-state index in [1.807, 2.05) is 26.1 Å². The topological polar surface area (TPSA) is 54.5 Å². The van der Waals surface area contributed by atoms with E-state index in [1.165, 1.54) is 4.90 Å². The van der Waals surface area contributed by atoms with E-state index in [1.54, 1.807) is 21.0 Å². The summed E-state index contributed by atoms with van der Waals surface area (Å²) >= 11 is 0. The molecule has 0 bridgehead atoms. The summed E-state index contributed by atoms with van der Waals surface area (Å²) in [5.41, 5.74) is 1.75. The molecule has 1 rings (SSSR count). The first-order valence-electron chi connectivity index (χ1n) is 5.94. The first-order chi connectivity index (χ1) is 8.45. The summed E-state index contributed by atoms with van der Waals surface area (Å²) in [7, 11) is 5.27. The molecule has 5 nitrogen and oxygen atoms in total. The minimum atomic E-state index is -0.514. The number of rotatable bonds is 5. The van der Waals surface area contributed by atoms with E-state index in [0.717, 1.165) is 11.4 Å². The minimum Gasteiger partial charge on any atom is -0.479 e. The molecule has 1 unspecified atom stereocenters. The van der Waals surface area contributed by atoms with Crippen molar-refractivity contribution in [1.29, 1.82) is 0 Å². The fourth-order valence-electron chi connectivity index (χ4n) is 1.60. The number of aryl methyl sites for hydroxylation is 1. The van der Waals surface area contributed by atoms with Crippen LogP contribution in [0.2, 0.25) is 0 Å². The predicted molar refractivity (Wildman–Crippen MR) is 70.5 cm³/mol. The fraction of sp³-hybridized carbons (Fsp3) is 0.538. The van der Waals surface area contributed by atoms with E-state index < -0.39 is 6.10 Å².